The highest BCUT2D eigenvalue weighted by Crippen LogP contribution is 2.26. The molecule has 0 fully saturated rings. The Hall–Kier alpha value is -1.58. The molecule has 1 heterocycles. The van der Waals surface area contributed by atoms with Crippen molar-refractivity contribution >= 4 is 34.5 Å². The van der Waals surface area contributed by atoms with Gasteiger partial charge in [-0.3, -0.25) is 0 Å². The van der Waals surface area contributed by atoms with Gasteiger partial charge in [0.05, 0.1) is 0 Å². The minimum atomic E-state index is -0.957. The fourth-order valence-electron chi connectivity index (χ4n) is 1.50. The van der Waals surface area contributed by atoms with E-state index in [2.05, 4.69) is 0 Å². The number of carboxylic acids is 1. The summed E-state index contributed by atoms with van der Waals surface area (Å²) >= 11 is 7.35. The van der Waals surface area contributed by atoms with E-state index < -0.39 is 5.97 Å². The van der Waals surface area contributed by atoms with Crippen molar-refractivity contribution in [3.05, 3.63) is 63.3 Å². The first-order valence-corrected chi connectivity index (χ1v) is 6.22. The van der Waals surface area contributed by atoms with Crippen LogP contribution < -0.4 is 0 Å². The van der Waals surface area contributed by atoms with E-state index in [0.29, 0.717) is 10.6 Å². The summed E-state index contributed by atoms with van der Waals surface area (Å²) in [5, 5.41) is 13.4. The van der Waals surface area contributed by atoms with Gasteiger partial charge in [0.2, 0.25) is 0 Å². The second-order valence-corrected chi connectivity index (χ2v) is 4.63. The van der Waals surface area contributed by atoms with Crippen molar-refractivity contribution in [1.29, 1.82) is 0 Å². The predicted octanol–water partition coefficient (Wildman–Crippen LogP) is 3.92. The highest BCUT2D eigenvalue weighted by atomic mass is 35.5. The molecule has 4 heteroatoms. The summed E-state index contributed by atoms with van der Waals surface area (Å²) in [5.41, 5.74) is 2.44. The molecule has 0 saturated carbocycles. The van der Waals surface area contributed by atoms with E-state index in [4.69, 9.17) is 16.7 Å². The predicted molar refractivity (Wildman–Crippen MR) is 70.5 cm³/mol. The first-order chi connectivity index (χ1) is 8.16. The van der Waals surface area contributed by atoms with Gasteiger partial charge < -0.3 is 5.11 Å². The quantitative estimate of drug-likeness (QED) is 0.853. The van der Waals surface area contributed by atoms with Crippen LogP contribution in [0.25, 0.3) is 5.57 Å². The summed E-state index contributed by atoms with van der Waals surface area (Å²) < 4.78 is 0. The van der Waals surface area contributed by atoms with Crippen LogP contribution in [-0.2, 0) is 4.79 Å². The molecule has 2 aromatic rings. The number of rotatable bonds is 3. The Bertz CT molecular complexity index is 541. The van der Waals surface area contributed by atoms with Crippen molar-refractivity contribution < 1.29 is 9.90 Å². The zero-order chi connectivity index (χ0) is 12.3. The largest absolute Gasteiger partial charge is 0.478 e. The van der Waals surface area contributed by atoms with E-state index in [1.807, 2.05) is 29.0 Å². The van der Waals surface area contributed by atoms with Crippen LogP contribution in [0, 0.1) is 0 Å². The molecule has 0 radical (unpaired) electrons. The van der Waals surface area contributed by atoms with Gasteiger partial charge in [0.25, 0.3) is 0 Å². The number of carboxylic acid groups (broad SMARTS) is 1. The summed E-state index contributed by atoms with van der Waals surface area (Å²) in [6, 6.07) is 9.02. The van der Waals surface area contributed by atoms with Crippen molar-refractivity contribution in [2.75, 3.05) is 0 Å². The van der Waals surface area contributed by atoms with E-state index in [0.717, 1.165) is 11.1 Å². The maximum Gasteiger partial charge on any atom is 0.328 e. The minimum absolute atomic E-state index is 0.633. The molecule has 1 aromatic carbocycles. The van der Waals surface area contributed by atoms with Crippen molar-refractivity contribution in [3.8, 4) is 0 Å². The van der Waals surface area contributed by atoms with E-state index in [1.165, 1.54) is 17.4 Å². The number of benzene rings is 1. The molecule has 0 spiro atoms. The molecular weight excluding hydrogens is 256 g/mol. The third kappa shape index (κ3) is 2.96. The molecule has 0 bridgehead atoms. The third-order valence-corrected chi connectivity index (χ3v) is 3.19. The van der Waals surface area contributed by atoms with Crippen LogP contribution >= 0.6 is 22.9 Å². The molecule has 86 valence electrons. The number of thiophene rings is 1. The van der Waals surface area contributed by atoms with Gasteiger partial charge in [0.1, 0.15) is 0 Å². The molecule has 0 atom stereocenters. The Balaban J connectivity index is 2.48. The lowest BCUT2D eigenvalue weighted by Crippen LogP contribution is -1.93. The van der Waals surface area contributed by atoms with Gasteiger partial charge in [-0.15, -0.1) is 0 Å². The van der Waals surface area contributed by atoms with Gasteiger partial charge in [0.15, 0.2) is 0 Å². The second-order valence-electron chi connectivity index (χ2n) is 3.42. The maximum absolute atomic E-state index is 10.8. The molecule has 0 aliphatic rings. The molecule has 0 unspecified atom stereocenters. The van der Waals surface area contributed by atoms with E-state index in [9.17, 15) is 4.79 Å². The molecule has 0 aliphatic heterocycles. The molecular formula is C13H9ClO2S. The van der Waals surface area contributed by atoms with Crippen molar-refractivity contribution in [2.24, 2.45) is 0 Å². The Morgan fingerprint density at radius 1 is 1.18 bits per heavy atom. The second kappa shape index (κ2) is 5.17. The van der Waals surface area contributed by atoms with Gasteiger partial charge >= 0.3 is 5.97 Å². The Morgan fingerprint density at radius 2 is 1.88 bits per heavy atom. The van der Waals surface area contributed by atoms with Crippen LogP contribution in [-0.4, -0.2) is 11.1 Å². The van der Waals surface area contributed by atoms with Crippen molar-refractivity contribution in [1.82, 2.24) is 0 Å². The van der Waals surface area contributed by atoms with Crippen LogP contribution in [0.3, 0.4) is 0 Å². The minimum Gasteiger partial charge on any atom is -0.478 e. The number of halogens is 1. The average Bonchev–Trinajstić information content (AvgIpc) is 2.80. The number of hydrogen-bond acceptors (Lipinski definition) is 2. The first-order valence-electron chi connectivity index (χ1n) is 4.90. The lowest BCUT2D eigenvalue weighted by Gasteiger charge is -2.05. The maximum atomic E-state index is 10.8. The number of hydrogen-bond donors (Lipinski definition) is 1. The SMILES string of the molecule is O=C(O)C=C(c1ccc(Cl)cc1)c1ccsc1. The van der Waals surface area contributed by atoms with E-state index in [1.54, 1.807) is 12.1 Å². The highest BCUT2D eigenvalue weighted by molar-refractivity contribution is 7.08. The Kier molecular flexibility index (Phi) is 3.61. The molecule has 1 aromatic heterocycles. The molecule has 2 nitrogen and oxygen atoms in total. The van der Waals surface area contributed by atoms with Gasteiger partial charge in [-0.2, -0.15) is 11.3 Å². The number of carbonyl (C=O) groups is 1. The summed E-state index contributed by atoms with van der Waals surface area (Å²) in [7, 11) is 0. The topological polar surface area (TPSA) is 37.3 Å². The molecule has 1 N–H and O–H groups in total. The number of aliphatic carboxylic acids is 1. The summed E-state index contributed by atoms with van der Waals surface area (Å²) in [6.45, 7) is 0. The van der Waals surface area contributed by atoms with Crippen molar-refractivity contribution in [3.63, 3.8) is 0 Å². The van der Waals surface area contributed by atoms with Gasteiger partial charge in [-0.05, 0) is 45.7 Å². The fourth-order valence-corrected chi connectivity index (χ4v) is 2.29. The molecule has 0 saturated heterocycles. The molecule has 2 rings (SSSR count). The standard InChI is InChI=1S/C13H9ClO2S/c14-11-3-1-9(2-4-11)12(7-13(15)16)10-5-6-17-8-10/h1-8H,(H,15,16). The van der Waals surface area contributed by atoms with Gasteiger partial charge in [-0.25, -0.2) is 4.79 Å². The average molecular weight is 265 g/mol. The monoisotopic (exact) mass is 264 g/mol. The van der Waals surface area contributed by atoms with E-state index in [-0.39, 0.29) is 0 Å². The Labute approximate surface area is 108 Å². The summed E-state index contributed by atoms with van der Waals surface area (Å²) in [6.07, 6.45) is 1.21. The fraction of sp³-hybridized carbons (Fsp3) is 0. The van der Waals surface area contributed by atoms with Crippen LogP contribution in [0.1, 0.15) is 11.1 Å². The first kappa shape index (κ1) is 11.9. The lowest BCUT2D eigenvalue weighted by molar-refractivity contribution is -0.131. The normalized spacial score (nSPS) is 11.5. The zero-order valence-corrected chi connectivity index (χ0v) is 10.3. The smallest absolute Gasteiger partial charge is 0.328 e. The highest BCUT2D eigenvalue weighted by Gasteiger charge is 2.07. The summed E-state index contributed by atoms with van der Waals surface area (Å²) in [4.78, 5) is 10.8. The lowest BCUT2D eigenvalue weighted by atomic mass is 10.0. The van der Waals surface area contributed by atoms with Gasteiger partial charge in [0, 0.05) is 11.1 Å². The Morgan fingerprint density at radius 3 is 2.41 bits per heavy atom. The zero-order valence-electron chi connectivity index (χ0n) is 8.76. The molecule has 0 amide bonds. The van der Waals surface area contributed by atoms with Gasteiger partial charge in [-0.1, -0.05) is 23.7 Å². The van der Waals surface area contributed by atoms with Crippen molar-refractivity contribution in [2.45, 2.75) is 0 Å². The molecule has 0 aliphatic carbocycles. The van der Waals surface area contributed by atoms with Crippen LogP contribution in [0.2, 0.25) is 5.02 Å². The van der Waals surface area contributed by atoms with Crippen LogP contribution in [0.5, 0.6) is 0 Å². The third-order valence-electron chi connectivity index (χ3n) is 2.26. The van der Waals surface area contributed by atoms with Crippen LogP contribution in [0.15, 0.2) is 47.2 Å². The molecule has 17 heavy (non-hydrogen) atoms. The van der Waals surface area contributed by atoms with Crippen LogP contribution in [0.4, 0.5) is 0 Å². The van der Waals surface area contributed by atoms with E-state index >= 15 is 0 Å². The summed E-state index contributed by atoms with van der Waals surface area (Å²) in [5.74, 6) is -0.957.